The van der Waals surface area contributed by atoms with Gasteiger partial charge in [0.05, 0.1) is 25.3 Å². The van der Waals surface area contributed by atoms with E-state index in [1.165, 1.54) is 78.4 Å². The largest absolute Gasteiger partial charge is 0.444 e. The predicted molar refractivity (Wildman–Crippen MR) is 241 cm³/mol. The molecule has 0 aromatic heterocycles. The number of rotatable bonds is 18. The quantitative estimate of drug-likeness (QED) is 0.122. The average molecular weight is 873 g/mol. The molecule has 0 bridgehead atoms. The van der Waals surface area contributed by atoms with Crippen LogP contribution in [0.1, 0.15) is 168 Å². The van der Waals surface area contributed by atoms with Crippen LogP contribution in [-0.2, 0) is 9.47 Å². The second kappa shape index (κ2) is 27.6. The molecule has 348 valence electrons. The van der Waals surface area contributed by atoms with Crippen LogP contribution in [0.3, 0.4) is 0 Å². The van der Waals surface area contributed by atoms with E-state index in [2.05, 4.69) is 13.8 Å². The lowest BCUT2D eigenvalue weighted by Gasteiger charge is -2.33. The topological polar surface area (TPSA) is 117 Å². The van der Waals surface area contributed by atoms with E-state index in [1.807, 2.05) is 48.5 Å². The fraction of sp³-hybridized carbons (Fsp3) is 0.580. The molecule has 1 unspecified atom stereocenters. The Bertz CT molecular complexity index is 1730. The molecule has 2 N–H and O–H groups in total. The first-order valence-corrected chi connectivity index (χ1v) is 22.1. The Balaban J connectivity index is 0.000000473. The minimum atomic E-state index is -0.887. The maximum absolute atomic E-state index is 13.0. The van der Waals surface area contributed by atoms with Gasteiger partial charge in [-0.05, 0) is 147 Å². The SMILES string of the molecule is CCCC(C)N(CC(=O)c1ccc(F)cc1)C(=O)OC(C)(C)C.CCC[C@@H](C)CC[C@H](O)c1ccc(F)cc1.CCC[C@@H](C)N(C[C@H](O)c1ccc(F)cc1)C(=O)OC(C)(C)C. The molecule has 3 rings (SSSR count). The highest BCUT2D eigenvalue weighted by molar-refractivity contribution is 5.98. The minimum absolute atomic E-state index is 0.0510. The number of benzene rings is 3. The Morgan fingerprint density at radius 2 is 0.919 bits per heavy atom. The molecular weight excluding hydrogens is 798 g/mol. The van der Waals surface area contributed by atoms with Gasteiger partial charge in [-0.15, -0.1) is 0 Å². The van der Waals surface area contributed by atoms with Gasteiger partial charge in [-0.3, -0.25) is 9.69 Å². The number of ether oxygens (including phenoxy) is 2. The first-order chi connectivity index (χ1) is 28.9. The third kappa shape index (κ3) is 22.6. The van der Waals surface area contributed by atoms with E-state index in [0.717, 1.165) is 44.1 Å². The van der Waals surface area contributed by atoms with Gasteiger partial charge in [-0.2, -0.15) is 0 Å². The molecule has 0 saturated heterocycles. The van der Waals surface area contributed by atoms with Gasteiger partial charge in [-0.1, -0.05) is 77.6 Å². The molecule has 0 aliphatic carbocycles. The number of Topliss-reactive ketones (excluding diaryl/α,β-unsaturated/α-hetero) is 1. The Labute approximate surface area is 370 Å². The Morgan fingerprint density at radius 3 is 1.32 bits per heavy atom. The molecule has 0 spiro atoms. The predicted octanol–water partition coefficient (Wildman–Crippen LogP) is 12.8. The number of carbonyl (C=O) groups excluding carboxylic acids is 3. The maximum Gasteiger partial charge on any atom is 0.410 e. The zero-order chi connectivity index (χ0) is 47.2. The maximum atomic E-state index is 13.0. The van der Waals surface area contributed by atoms with Gasteiger partial charge in [0.2, 0.25) is 0 Å². The van der Waals surface area contributed by atoms with Crippen LogP contribution in [-0.4, -0.2) is 74.4 Å². The number of hydrogen-bond acceptors (Lipinski definition) is 7. The van der Waals surface area contributed by atoms with E-state index in [0.29, 0.717) is 17.0 Å². The lowest BCUT2D eigenvalue weighted by Crippen LogP contribution is -2.44. The fourth-order valence-electron chi connectivity index (χ4n) is 6.41. The standard InChI is InChI=1S/C18H28FNO3.C18H26FNO3.C14H21FO/c2*1-6-7-13(2)20(17(22)23-18(3,4)5)12-16(21)14-8-10-15(19)11-9-14;1-3-4-11(2)5-10-14(16)12-6-8-13(15)9-7-12/h8-11,13,16,21H,6-7,12H2,1-5H3;8-11,13H,6-7,12H2,1-5H3;6-9,11,14,16H,3-5,10H2,1-2H3/t13-,16+;;11-,14+/m1.1/s1. The Morgan fingerprint density at radius 1 is 0.548 bits per heavy atom. The van der Waals surface area contributed by atoms with Crippen LogP contribution in [0.25, 0.3) is 0 Å². The van der Waals surface area contributed by atoms with Crippen molar-refractivity contribution in [2.45, 2.75) is 170 Å². The van der Waals surface area contributed by atoms with E-state index < -0.39 is 41.4 Å². The van der Waals surface area contributed by atoms with Crippen LogP contribution in [0.5, 0.6) is 0 Å². The number of ketones is 1. The van der Waals surface area contributed by atoms with Crippen molar-refractivity contribution < 1.29 is 47.2 Å². The zero-order valence-electron chi connectivity index (χ0n) is 39.4. The van der Waals surface area contributed by atoms with Crippen molar-refractivity contribution in [2.75, 3.05) is 13.1 Å². The first kappa shape index (κ1) is 55.6. The van der Waals surface area contributed by atoms with E-state index in [4.69, 9.17) is 9.47 Å². The summed E-state index contributed by atoms with van der Waals surface area (Å²) < 4.78 is 49.5. The molecule has 5 atom stereocenters. The summed E-state index contributed by atoms with van der Waals surface area (Å²) in [6.07, 6.45) is 5.28. The number of aliphatic hydroxyl groups is 2. The van der Waals surface area contributed by atoms with Crippen molar-refractivity contribution in [3.05, 3.63) is 107 Å². The van der Waals surface area contributed by atoms with Crippen molar-refractivity contribution in [1.29, 1.82) is 0 Å². The normalized spacial score (nSPS) is 13.8. The molecule has 0 radical (unpaired) electrons. The number of halogens is 3. The zero-order valence-corrected chi connectivity index (χ0v) is 39.4. The monoisotopic (exact) mass is 873 g/mol. The van der Waals surface area contributed by atoms with Crippen LogP contribution in [0, 0.1) is 23.4 Å². The van der Waals surface area contributed by atoms with Crippen molar-refractivity contribution >= 4 is 18.0 Å². The van der Waals surface area contributed by atoms with E-state index in [1.54, 1.807) is 37.8 Å². The minimum Gasteiger partial charge on any atom is -0.444 e. The third-order valence-electron chi connectivity index (χ3n) is 9.81. The number of nitrogens with zero attached hydrogens (tertiary/aromatic N) is 2. The van der Waals surface area contributed by atoms with Gasteiger partial charge in [0, 0.05) is 17.6 Å². The number of carbonyl (C=O) groups is 3. The van der Waals surface area contributed by atoms with Gasteiger partial charge in [0.15, 0.2) is 5.78 Å². The number of aliphatic hydroxyl groups excluding tert-OH is 2. The molecule has 12 heteroatoms. The molecule has 0 aliphatic heterocycles. The highest BCUT2D eigenvalue weighted by Crippen LogP contribution is 2.24. The molecule has 0 aliphatic rings. The molecular formula is C50H75F3N2O7. The number of amides is 2. The molecule has 62 heavy (non-hydrogen) atoms. The summed E-state index contributed by atoms with van der Waals surface area (Å²) in [7, 11) is 0. The number of hydrogen-bond donors (Lipinski definition) is 2. The highest BCUT2D eigenvalue weighted by Gasteiger charge is 2.29. The third-order valence-corrected chi connectivity index (χ3v) is 9.81. The van der Waals surface area contributed by atoms with Crippen LogP contribution >= 0.6 is 0 Å². The molecule has 2 amide bonds. The average Bonchev–Trinajstić information content (AvgIpc) is 3.18. The lowest BCUT2D eigenvalue weighted by molar-refractivity contribution is 0.00446. The summed E-state index contributed by atoms with van der Waals surface area (Å²) in [5.41, 5.74) is 0.542. The molecule has 3 aromatic rings. The Kier molecular flexibility index (Phi) is 24.7. The van der Waals surface area contributed by atoms with E-state index >= 15 is 0 Å². The molecule has 0 heterocycles. The second-order valence-electron chi connectivity index (χ2n) is 18.1. The molecule has 0 fully saturated rings. The smallest absolute Gasteiger partial charge is 0.410 e. The van der Waals surface area contributed by atoms with Crippen molar-refractivity contribution in [3.63, 3.8) is 0 Å². The van der Waals surface area contributed by atoms with Gasteiger partial charge in [-0.25, -0.2) is 22.8 Å². The van der Waals surface area contributed by atoms with Gasteiger partial charge in [0.25, 0.3) is 0 Å². The molecule has 3 aromatic carbocycles. The fourth-order valence-corrected chi connectivity index (χ4v) is 6.41. The van der Waals surface area contributed by atoms with Crippen LogP contribution in [0.15, 0.2) is 72.8 Å². The second-order valence-corrected chi connectivity index (χ2v) is 18.1. The van der Waals surface area contributed by atoms with Gasteiger partial charge >= 0.3 is 12.2 Å². The summed E-state index contributed by atoms with van der Waals surface area (Å²) in [5, 5.41) is 20.3. The summed E-state index contributed by atoms with van der Waals surface area (Å²) in [6.45, 7) is 23.1. The highest BCUT2D eigenvalue weighted by atomic mass is 19.1. The summed E-state index contributed by atoms with van der Waals surface area (Å²) >= 11 is 0. The summed E-state index contributed by atoms with van der Waals surface area (Å²) in [5.74, 6) is -0.594. The first-order valence-electron chi connectivity index (χ1n) is 22.1. The summed E-state index contributed by atoms with van der Waals surface area (Å²) in [4.78, 5) is 40.2. The molecule has 9 nitrogen and oxygen atoms in total. The lowest BCUT2D eigenvalue weighted by atomic mass is 9.96. The van der Waals surface area contributed by atoms with Gasteiger partial charge in [0.1, 0.15) is 28.7 Å². The van der Waals surface area contributed by atoms with Gasteiger partial charge < -0.3 is 24.6 Å². The van der Waals surface area contributed by atoms with E-state index in [9.17, 15) is 37.8 Å². The Hall–Kier alpha value is -4.42. The van der Waals surface area contributed by atoms with Crippen molar-refractivity contribution in [2.24, 2.45) is 5.92 Å². The van der Waals surface area contributed by atoms with Crippen LogP contribution in [0.4, 0.5) is 22.8 Å². The molecule has 0 saturated carbocycles. The van der Waals surface area contributed by atoms with Crippen molar-refractivity contribution in [3.8, 4) is 0 Å². The van der Waals surface area contributed by atoms with Crippen LogP contribution in [0.2, 0.25) is 0 Å². The van der Waals surface area contributed by atoms with Crippen LogP contribution < -0.4 is 0 Å². The van der Waals surface area contributed by atoms with Crippen molar-refractivity contribution in [1.82, 2.24) is 9.80 Å². The van der Waals surface area contributed by atoms with E-state index in [-0.39, 0.29) is 42.6 Å². The summed E-state index contributed by atoms with van der Waals surface area (Å²) in [6, 6.07) is 16.9.